The van der Waals surface area contributed by atoms with Crippen molar-refractivity contribution < 1.29 is 17.9 Å². The van der Waals surface area contributed by atoms with Crippen LogP contribution in [0.15, 0.2) is 60.0 Å². The van der Waals surface area contributed by atoms with Gasteiger partial charge in [-0.25, -0.2) is 8.42 Å². The van der Waals surface area contributed by atoms with Gasteiger partial charge in [0.15, 0.2) is 0 Å². The van der Waals surface area contributed by atoms with Crippen LogP contribution < -0.4 is 14.2 Å². The van der Waals surface area contributed by atoms with Crippen molar-refractivity contribution >= 4 is 15.7 Å². The Morgan fingerprint density at radius 3 is 2.58 bits per heavy atom. The van der Waals surface area contributed by atoms with Crippen LogP contribution in [0, 0.1) is 0 Å². The fourth-order valence-corrected chi connectivity index (χ4v) is 3.60. The Labute approximate surface area is 151 Å². The molecule has 0 aliphatic rings. The number of nitrogens with one attached hydrogen (secondary N) is 1. The molecule has 0 aliphatic carbocycles. The van der Waals surface area contributed by atoms with Crippen LogP contribution in [0.1, 0.15) is 5.56 Å². The van der Waals surface area contributed by atoms with Gasteiger partial charge in [0.2, 0.25) is 0 Å². The fraction of sp³-hybridized carbons (Fsp3) is 0.176. The van der Waals surface area contributed by atoms with Crippen LogP contribution in [0.25, 0.3) is 0 Å². The Hall–Kier alpha value is -3.07. The normalized spacial score (nSPS) is 11.2. The summed E-state index contributed by atoms with van der Waals surface area (Å²) in [5.41, 5.74) is 1.36. The number of rotatable bonds is 7. The number of hydrogen-bond acceptors (Lipinski definition) is 6. The topological polar surface area (TPSA) is 95.3 Å². The fourth-order valence-electron chi connectivity index (χ4n) is 2.38. The predicted octanol–water partition coefficient (Wildman–Crippen LogP) is 2.14. The second-order valence-electron chi connectivity index (χ2n) is 5.40. The lowest BCUT2D eigenvalue weighted by atomic mass is 10.3. The number of methoxy groups -OCH3 is 2. The lowest BCUT2D eigenvalue weighted by Gasteiger charge is -2.11. The first-order valence-electron chi connectivity index (χ1n) is 7.68. The largest absolute Gasteiger partial charge is 0.497 e. The third kappa shape index (κ3) is 3.94. The summed E-state index contributed by atoms with van der Waals surface area (Å²) >= 11 is 0. The van der Waals surface area contributed by atoms with Crippen molar-refractivity contribution in [1.29, 1.82) is 0 Å². The Kier molecular flexibility index (Phi) is 5.08. The van der Waals surface area contributed by atoms with Crippen molar-refractivity contribution in [2.75, 3.05) is 18.9 Å². The molecule has 0 unspecified atom stereocenters. The molecule has 0 fully saturated rings. The number of hydrogen-bond donors (Lipinski definition) is 1. The van der Waals surface area contributed by atoms with E-state index in [1.165, 1.54) is 26.5 Å². The van der Waals surface area contributed by atoms with Crippen molar-refractivity contribution in [2.24, 2.45) is 0 Å². The number of anilines is 1. The predicted molar refractivity (Wildman–Crippen MR) is 95.9 cm³/mol. The number of pyridine rings is 1. The van der Waals surface area contributed by atoms with Crippen LogP contribution in [-0.4, -0.2) is 37.4 Å². The van der Waals surface area contributed by atoms with Crippen LogP contribution in [0.2, 0.25) is 0 Å². The molecule has 0 bridgehead atoms. The zero-order chi connectivity index (χ0) is 18.6. The molecule has 2 heterocycles. The molecule has 0 amide bonds. The van der Waals surface area contributed by atoms with Crippen molar-refractivity contribution in [3.63, 3.8) is 0 Å². The van der Waals surface area contributed by atoms with Crippen LogP contribution in [0.3, 0.4) is 0 Å². The van der Waals surface area contributed by atoms with Gasteiger partial charge in [-0.05, 0) is 29.8 Å². The SMILES string of the molecule is COc1ccc(OC)c(S(=O)(=O)Nc2cnn(Cc3ccncc3)c2)c1. The number of ether oxygens (including phenoxy) is 2. The van der Waals surface area contributed by atoms with Crippen LogP contribution in [0.5, 0.6) is 11.5 Å². The molecule has 1 aromatic carbocycles. The highest BCUT2D eigenvalue weighted by molar-refractivity contribution is 7.92. The molecule has 26 heavy (non-hydrogen) atoms. The summed E-state index contributed by atoms with van der Waals surface area (Å²) in [5, 5.41) is 4.18. The first-order valence-corrected chi connectivity index (χ1v) is 9.16. The third-order valence-corrected chi connectivity index (χ3v) is 5.04. The van der Waals surface area contributed by atoms with Crippen molar-refractivity contribution in [3.8, 4) is 11.5 Å². The number of nitrogens with zero attached hydrogens (tertiary/aromatic N) is 3. The lowest BCUT2D eigenvalue weighted by molar-refractivity contribution is 0.392. The average Bonchev–Trinajstić information content (AvgIpc) is 3.08. The Bertz CT molecular complexity index is 987. The molecule has 0 spiro atoms. The average molecular weight is 374 g/mol. The van der Waals surface area contributed by atoms with E-state index < -0.39 is 10.0 Å². The van der Waals surface area contributed by atoms with Crippen LogP contribution in [-0.2, 0) is 16.6 Å². The first kappa shape index (κ1) is 17.7. The molecular formula is C17H18N4O4S. The third-order valence-electron chi connectivity index (χ3n) is 3.64. The molecule has 2 aromatic heterocycles. The minimum absolute atomic E-state index is 0.0127. The van der Waals surface area contributed by atoms with Crippen molar-refractivity contribution in [3.05, 3.63) is 60.7 Å². The summed E-state index contributed by atoms with van der Waals surface area (Å²) in [4.78, 5) is 3.95. The van der Waals surface area contributed by atoms with E-state index in [2.05, 4.69) is 14.8 Å². The maximum absolute atomic E-state index is 12.7. The summed E-state index contributed by atoms with van der Waals surface area (Å²) in [6, 6.07) is 8.31. The molecule has 0 saturated heterocycles. The van der Waals surface area contributed by atoms with Crippen LogP contribution >= 0.6 is 0 Å². The van der Waals surface area contributed by atoms with Gasteiger partial charge in [0.05, 0.1) is 32.6 Å². The quantitative estimate of drug-likeness (QED) is 0.681. The minimum atomic E-state index is -3.87. The second-order valence-corrected chi connectivity index (χ2v) is 7.06. The number of benzene rings is 1. The van der Waals surface area contributed by atoms with Gasteiger partial charge in [-0.1, -0.05) is 0 Å². The Morgan fingerprint density at radius 2 is 1.88 bits per heavy atom. The van der Waals surface area contributed by atoms with Gasteiger partial charge in [0.1, 0.15) is 16.4 Å². The molecular weight excluding hydrogens is 356 g/mol. The second kappa shape index (κ2) is 7.44. The Morgan fingerprint density at radius 1 is 1.12 bits per heavy atom. The zero-order valence-corrected chi connectivity index (χ0v) is 15.1. The smallest absolute Gasteiger partial charge is 0.265 e. The standard InChI is InChI=1S/C17H18N4O4S/c1-24-15-3-4-16(25-2)17(9-15)26(22,23)20-14-10-19-21(12-14)11-13-5-7-18-8-6-13/h3-10,12,20H,11H2,1-2H3. The maximum atomic E-state index is 12.7. The first-order chi connectivity index (χ1) is 12.5. The van der Waals surface area contributed by atoms with E-state index in [9.17, 15) is 8.42 Å². The van der Waals surface area contributed by atoms with E-state index in [0.29, 0.717) is 18.0 Å². The molecule has 136 valence electrons. The molecule has 9 heteroatoms. The molecule has 1 N–H and O–H groups in total. The maximum Gasteiger partial charge on any atom is 0.265 e. The van der Waals surface area contributed by atoms with Gasteiger partial charge in [0.25, 0.3) is 10.0 Å². The molecule has 8 nitrogen and oxygen atoms in total. The van der Waals surface area contributed by atoms with Gasteiger partial charge >= 0.3 is 0 Å². The zero-order valence-electron chi connectivity index (χ0n) is 14.3. The van der Waals surface area contributed by atoms with Crippen molar-refractivity contribution in [1.82, 2.24) is 14.8 Å². The highest BCUT2D eigenvalue weighted by Gasteiger charge is 2.21. The molecule has 0 saturated carbocycles. The van der Waals surface area contributed by atoms with Gasteiger partial charge in [-0.3, -0.25) is 14.4 Å². The summed E-state index contributed by atoms with van der Waals surface area (Å²) in [5.74, 6) is 0.641. The lowest BCUT2D eigenvalue weighted by Crippen LogP contribution is -2.14. The van der Waals surface area contributed by atoms with E-state index in [-0.39, 0.29) is 10.6 Å². The summed E-state index contributed by atoms with van der Waals surface area (Å²) in [7, 11) is -0.989. The van der Waals surface area contributed by atoms with E-state index in [1.54, 1.807) is 35.4 Å². The van der Waals surface area contributed by atoms with Crippen molar-refractivity contribution in [2.45, 2.75) is 11.4 Å². The Balaban J connectivity index is 1.82. The van der Waals surface area contributed by atoms with Crippen LogP contribution in [0.4, 0.5) is 5.69 Å². The molecule has 3 aromatic rings. The van der Waals surface area contributed by atoms with Gasteiger partial charge in [0, 0.05) is 24.7 Å². The number of aromatic nitrogens is 3. The summed E-state index contributed by atoms with van der Waals surface area (Å²) in [6.45, 7) is 0.507. The van der Waals surface area contributed by atoms with E-state index in [0.717, 1.165) is 5.56 Å². The molecule has 0 atom stereocenters. The minimum Gasteiger partial charge on any atom is -0.497 e. The number of sulfonamides is 1. The van der Waals surface area contributed by atoms with E-state index >= 15 is 0 Å². The molecule has 0 radical (unpaired) electrons. The van der Waals surface area contributed by atoms with E-state index in [4.69, 9.17) is 9.47 Å². The van der Waals surface area contributed by atoms with Gasteiger partial charge < -0.3 is 9.47 Å². The molecule has 3 rings (SSSR count). The monoisotopic (exact) mass is 374 g/mol. The molecule has 0 aliphatic heterocycles. The van der Waals surface area contributed by atoms with E-state index in [1.807, 2.05) is 12.1 Å². The van der Waals surface area contributed by atoms with Gasteiger partial charge in [-0.15, -0.1) is 0 Å². The highest BCUT2D eigenvalue weighted by atomic mass is 32.2. The summed E-state index contributed by atoms with van der Waals surface area (Å²) in [6.07, 6.45) is 6.45. The van der Waals surface area contributed by atoms with Gasteiger partial charge in [-0.2, -0.15) is 5.10 Å². The highest BCUT2D eigenvalue weighted by Crippen LogP contribution is 2.29. The summed E-state index contributed by atoms with van der Waals surface area (Å²) < 4.78 is 39.8.